The Kier molecular flexibility index (Phi) is 19.1. The second-order valence-electron chi connectivity index (χ2n) is 15.9. The van der Waals surface area contributed by atoms with Crippen molar-refractivity contribution in [2.24, 2.45) is 0 Å². The number of likely N-dealkylation sites (tertiary alicyclic amines) is 2. The van der Waals surface area contributed by atoms with Crippen LogP contribution < -0.4 is 10.6 Å². The average molecular weight is 1100 g/mol. The minimum absolute atomic E-state index is 0.0108. The summed E-state index contributed by atoms with van der Waals surface area (Å²) in [6, 6.07) is 22.6. The van der Waals surface area contributed by atoms with E-state index in [1.54, 1.807) is 22.0 Å². The first kappa shape index (κ1) is 51.5. The van der Waals surface area contributed by atoms with Gasteiger partial charge in [0.1, 0.15) is 13.2 Å². The van der Waals surface area contributed by atoms with Crippen LogP contribution in [0.2, 0.25) is 10.0 Å². The van der Waals surface area contributed by atoms with Crippen LogP contribution in [0.4, 0.5) is 0 Å². The Hall–Kier alpha value is -4.93. The molecule has 6 rings (SSSR count). The number of nitrogens with one attached hydrogen (secondary N) is 2. The summed E-state index contributed by atoms with van der Waals surface area (Å²) in [4.78, 5) is 78.4. The molecule has 2 aliphatic rings. The van der Waals surface area contributed by atoms with Gasteiger partial charge in [0.05, 0.1) is 22.1 Å². The van der Waals surface area contributed by atoms with E-state index in [0.717, 1.165) is 20.1 Å². The lowest BCUT2D eigenvalue weighted by Gasteiger charge is -2.24. The topological polar surface area (TPSA) is 151 Å². The van der Waals surface area contributed by atoms with E-state index in [2.05, 4.69) is 42.5 Å². The van der Waals surface area contributed by atoms with Gasteiger partial charge >= 0.3 is 11.9 Å². The lowest BCUT2D eigenvalue weighted by atomic mass is 9.99. The van der Waals surface area contributed by atoms with Crippen molar-refractivity contribution < 1.29 is 38.2 Å². The predicted octanol–water partition coefficient (Wildman–Crippen LogP) is 10.2. The Bertz CT molecular complexity index is 2400. The number of hydrogen-bond donors (Lipinski definition) is 2. The van der Waals surface area contributed by atoms with E-state index in [4.69, 9.17) is 32.7 Å². The monoisotopic (exact) mass is 1090 g/mol. The predicted molar refractivity (Wildman–Crippen MR) is 269 cm³/mol. The highest BCUT2D eigenvalue weighted by molar-refractivity contribution is 9.11. The second-order valence-corrected chi connectivity index (χ2v) is 19.4. The SMILES string of the molecule is CC(=O)OC[C@@H]1CCC(=O)N1CCCNC(=O)/C=C/c1ccc(Sc2ccc(/C=C/C(=O)NCCCN3C(=O)CC[C@H]3COC(C)=O)c(-c3ccccc3Br)c2Cl)c(Cl)c1-c1ccccc1Br. The van der Waals surface area contributed by atoms with E-state index in [0.29, 0.717) is 107 Å². The number of carbonyl (C=O) groups is 6. The molecule has 0 spiro atoms. The zero-order valence-corrected chi connectivity index (χ0v) is 42.5. The molecule has 2 aliphatic heterocycles. The van der Waals surface area contributed by atoms with Crippen molar-refractivity contribution in [3.8, 4) is 22.3 Å². The van der Waals surface area contributed by atoms with E-state index in [9.17, 15) is 28.8 Å². The Morgan fingerprint density at radius 1 is 0.657 bits per heavy atom. The van der Waals surface area contributed by atoms with E-state index in [1.165, 1.54) is 37.8 Å². The molecular formula is C50H50Br2Cl2N4O8S. The highest BCUT2D eigenvalue weighted by atomic mass is 79.9. The van der Waals surface area contributed by atoms with Gasteiger partial charge in [0.15, 0.2) is 0 Å². The smallest absolute Gasteiger partial charge is 0.302 e. The minimum Gasteiger partial charge on any atom is -0.464 e. The molecule has 2 N–H and O–H groups in total. The maximum atomic E-state index is 13.1. The van der Waals surface area contributed by atoms with Gasteiger partial charge in [-0.15, -0.1) is 0 Å². The van der Waals surface area contributed by atoms with Gasteiger partial charge in [-0.1, -0.05) is 115 Å². The molecule has 2 atom stereocenters. The number of esters is 2. The van der Waals surface area contributed by atoms with Gasteiger partial charge in [-0.2, -0.15) is 0 Å². The summed E-state index contributed by atoms with van der Waals surface area (Å²) in [7, 11) is 0. The van der Waals surface area contributed by atoms with E-state index >= 15 is 0 Å². The fourth-order valence-electron chi connectivity index (χ4n) is 7.92. The number of rotatable bonds is 20. The lowest BCUT2D eigenvalue weighted by Crippen LogP contribution is -2.38. The van der Waals surface area contributed by atoms with Crippen LogP contribution in [0, 0.1) is 0 Å². The number of hydrogen-bond acceptors (Lipinski definition) is 9. The fraction of sp³-hybridized carbons (Fsp3) is 0.320. The molecule has 2 heterocycles. The van der Waals surface area contributed by atoms with Crippen LogP contribution in [-0.4, -0.2) is 96.8 Å². The van der Waals surface area contributed by atoms with E-state index < -0.39 is 0 Å². The highest BCUT2D eigenvalue weighted by Gasteiger charge is 2.32. The number of nitrogens with zero attached hydrogens (tertiary/aromatic N) is 2. The molecule has 4 amide bonds. The minimum atomic E-state index is -0.385. The summed E-state index contributed by atoms with van der Waals surface area (Å²) in [5.74, 6) is -1.36. The second kappa shape index (κ2) is 24.9. The Balaban J connectivity index is 1.16. The first-order valence-electron chi connectivity index (χ1n) is 21.8. The van der Waals surface area contributed by atoms with Gasteiger partial charge in [0, 0.05) is 94.9 Å². The van der Waals surface area contributed by atoms with E-state index in [-0.39, 0.29) is 60.9 Å². The van der Waals surface area contributed by atoms with Crippen molar-refractivity contribution in [3.05, 3.63) is 115 Å². The first-order chi connectivity index (χ1) is 32.2. The van der Waals surface area contributed by atoms with E-state index in [1.807, 2.05) is 72.8 Å². The van der Waals surface area contributed by atoms with Crippen molar-refractivity contribution in [1.29, 1.82) is 0 Å². The molecule has 0 aromatic heterocycles. The van der Waals surface area contributed by atoms with Gasteiger partial charge in [0.2, 0.25) is 23.6 Å². The summed E-state index contributed by atoms with van der Waals surface area (Å²) >= 11 is 23.4. The molecule has 0 radical (unpaired) electrons. The van der Waals surface area contributed by atoms with Crippen LogP contribution in [0.5, 0.6) is 0 Å². The molecule has 0 saturated carbocycles. The normalized spacial score (nSPS) is 16.0. The number of halogens is 4. The fourth-order valence-corrected chi connectivity index (χ4v) is 10.6. The van der Waals surface area contributed by atoms with Crippen LogP contribution >= 0.6 is 66.8 Å². The zero-order valence-electron chi connectivity index (χ0n) is 37.0. The molecule has 0 unspecified atom stereocenters. The Morgan fingerprint density at radius 3 is 1.45 bits per heavy atom. The number of ether oxygens (including phenoxy) is 2. The third kappa shape index (κ3) is 14.1. The average Bonchev–Trinajstić information content (AvgIpc) is 3.84. The largest absolute Gasteiger partial charge is 0.464 e. The molecule has 4 aromatic rings. The molecule has 0 bridgehead atoms. The van der Waals surface area contributed by atoms with Crippen LogP contribution in [0.3, 0.4) is 0 Å². The molecule has 17 heteroatoms. The van der Waals surface area contributed by atoms with Crippen molar-refractivity contribution >= 4 is 115 Å². The standard InChI is InChI=1S/C50H50Br2Cl2N4O8S/c1-31(59)65-29-35-17-23-45(63)57(35)27-7-25-55-43(61)21-15-33-13-19-41(49(53)47(33)37-9-3-5-11-39(37)51)67-42-20-14-34(48(50(42)54)38-10-4-6-12-40(38)52)16-22-44(62)56-26-8-28-58-36(18-24-46(58)64)30-66-32(2)60/h3-6,9-16,19-22,35-36H,7-8,17-18,23-30H2,1-2H3,(H,55,61)(H,56,62)/b21-15+,22-16+/t35-,36-/m0/s1. The molecule has 67 heavy (non-hydrogen) atoms. The van der Waals surface area contributed by atoms with Gasteiger partial charge in [-0.3, -0.25) is 28.8 Å². The van der Waals surface area contributed by atoms with Crippen molar-refractivity contribution in [3.63, 3.8) is 0 Å². The number of carbonyl (C=O) groups excluding carboxylic acids is 6. The quantitative estimate of drug-likeness (QED) is 0.0501. The van der Waals surface area contributed by atoms with Crippen LogP contribution in [0.1, 0.15) is 63.5 Å². The lowest BCUT2D eigenvalue weighted by molar-refractivity contribution is -0.144. The van der Waals surface area contributed by atoms with Crippen LogP contribution in [0.25, 0.3) is 34.4 Å². The highest BCUT2D eigenvalue weighted by Crippen LogP contribution is 2.48. The van der Waals surface area contributed by atoms with Crippen LogP contribution in [0.15, 0.2) is 104 Å². The molecule has 2 saturated heterocycles. The molecule has 12 nitrogen and oxygen atoms in total. The van der Waals surface area contributed by atoms with Gasteiger partial charge in [-0.05, 0) is 84.4 Å². The van der Waals surface area contributed by atoms with Crippen molar-refractivity contribution in [2.75, 3.05) is 39.4 Å². The summed E-state index contributed by atoms with van der Waals surface area (Å²) in [5.41, 5.74) is 4.46. The zero-order chi connectivity index (χ0) is 48.0. The Morgan fingerprint density at radius 2 is 1.06 bits per heavy atom. The van der Waals surface area contributed by atoms with Gasteiger partial charge < -0.3 is 29.9 Å². The van der Waals surface area contributed by atoms with Gasteiger partial charge in [0.25, 0.3) is 0 Å². The van der Waals surface area contributed by atoms with Crippen molar-refractivity contribution in [1.82, 2.24) is 20.4 Å². The number of benzene rings is 4. The Labute approximate surface area is 421 Å². The molecule has 0 aliphatic carbocycles. The summed E-state index contributed by atoms with van der Waals surface area (Å²) in [5, 5.41) is 6.70. The first-order valence-corrected chi connectivity index (χ1v) is 25.0. The maximum Gasteiger partial charge on any atom is 0.302 e. The van der Waals surface area contributed by atoms with Gasteiger partial charge in [-0.25, -0.2) is 0 Å². The molecule has 352 valence electrons. The maximum absolute atomic E-state index is 13.1. The van der Waals surface area contributed by atoms with Crippen LogP contribution in [-0.2, 0) is 38.2 Å². The summed E-state index contributed by atoms with van der Waals surface area (Å²) in [6.45, 7) is 4.58. The summed E-state index contributed by atoms with van der Waals surface area (Å²) in [6.07, 6.45) is 9.49. The number of amides is 4. The summed E-state index contributed by atoms with van der Waals surface area (Å²) < 4.78 is 11.9. The van der Waals surface area contributed by atoms with Crippen molar-refractivity contribution in [2.45, 2.75) is 74.2 Å². The molecule has 2 fully saturated rings. The molecular weight excluding hydrogens is 1050 g/mol. The third-order valence-electron chi connectivity index (χ3n) is 11.2. The molecule has 4 aromatic carbocycles. The third-order valence-corrected chi connectivity index (χ3v) is 14.7.